The summed E-state index contributed by atoms with van der Waals surface area (Å²) in [4.78, 5) is 33.5. The highest BCUT2D eigenvalue weighted by molar-refractivity contribution is 6.31. The molecule has 2 amide bonds. The quantitative estimate of drug-likeness (QED) is 0.334. The molecule has 2 aromatic carbocycles. The number of carbonyl (C=O) groups excluding carboxylic acids is 2. The lowest BCUT2D eigenvalue weighted by Crippen LogP contribution is -2.49. The molecule has 2 heterocycles. The van der Waals surface area contributed by atoms with Crippen LogP contribution in [0.15, 0.2) is 55.1 Å². The van der Waals surface area contributed by atoms with Crippen LogP contribution in [0.1, 0.15) is 52.5 Å². The van der Waals surface area contributed by atoms with E-state index in [-0.39, 0.29) is 17.9 Å². The molecule has 2 aliphatic rings. The largest absolute Gasteiger partial charge is 0.347 e. The van der Waals surface area contributed by atoms with E-state index in [4.69, 9.17) is 11.6 Å². The molecule has 38 heavy (non-hydrogen) atoms. The van der Waals surface area contributed by atoms with Gasteiger partial charge in [-0.1, -0.05) is 29.8 Å². The van der Waals surface area contributed by atoms with E-state index >= 15 is 4.39 Å². The highest BCUT2D eigenvalue weighted by Gasteiger charge is 2.52. The average molecular weight is 531 g/mol. The summed E-state index contributed by atoms with van der Waals surface area (Å²) < 4.78 is 15.1. The van der Waals surface area contributed by atoms with Gasteiger partial charge in [0.25, 0.3) is 5.91 Å². The standard InChI is InChI=1S/C28H24ClFN6O2/c1-15-8-24(36-35-15)25-21(10-19(29)11-22(25)30)17-2-4-20-16(9-17)3-5-23(20)33-27(38)28(6-7-28)34-26(37)18-12-31-14-32-13-18/h2,4,8-14,23H,3,5-7H2,1H3,(H,33,38)(H,34,37)(H,35,36)/t23-/m0/s1. The van der Waals surface area contributed by atoms with Gasteiger partial charge in [0, 0.05) is 28.7 Å². The van der Waals surface area contributed by atoms with E-state index in [2.05, 4.69) is 30.8 Å². The molecule has 0 aliphatic heterocycles. The van der Waals surface area contributed by atoms with Crippen molar-refractivity contribution in [3.63, 3.8) is 0 Å². The van der Waals surface area contributed by atoms with Gasteiger partial charge in [0.1, 0.15) is 17.7 Å². The fourth-order valence-corrected chi connectivity index (χ4v) is 5.28. The van der Waals surface area contributed by atoms with E-state index in [9.17, 15) is 9.59 Å². The van der Waals surface area contributed by atoms with Gasteiger partial charge in [0.2, 0.25) is 5.91 Å². The first kappa shape index (κ1) is 24.2. The first-order chi connectivity index (χ1) is 18.3. The molecule has 0 unspecified atom stereocenters. The molecule has 1 atom stereocenters. The third kappa shape index (κ3) is 4.43. The van der Waals surface area contributed by atoms with Crippen molar-refractivity contribution in [1.82, 2.24) is 30.8 Å². The van der Waals surface area contributed by atoms with Crippen molar-refractivity contribution in [3.05, 3.63) is 88.3 Å². The molecule has 0 radical (unpaired) electrons. The van der Waals surface area contributed by atoms with Crippen molar-refractivity contribution in [2.75, 3.05) is 0 Å². The molecule has 8 nitrogen and oxygen atoms in total. The lowest BCUT2D eigenvalue weighted by Gasteiger charge is -2.21. The van der Waals surface area contributed by atoms with Crippen molar-refractivity contribution in [2.45, 2.75) is 44.2 Å². The molecule has 1 fully saturated rings. The minimum atomic E-state index is -0.912. The number of fused-ring (bicyclic) bond motifs is 1. The van der Waals surface area contributed by atoms with Crippen LogP contribution in [0.2, 0.25) is 5.02 Å². The van der Waals surface area contributed by atoms with Crippen LogP contribution in [0.25, 0.3) is 22.4 Å². The summed E-state index contributed by atoms with van der Waals surface area (Å²) >= 11 is 6.23. The fraction of sp³-hybridized carbons (Fsp3) is 0.250. The number of amides is 2. The maximum absolute atomic E-state index is 15.1. The molecule has 4 aromatic rings. The molecule has 2 aliphatic carbocycles. The van der Waals surface area contributed by atoms with Crippen LogP contribution in [0.3, 0.4) is 0 Å². The van der Waals surface area contributed by atoms with Crippen LogP contribution < -0.4 is 10.6 Å². The highest BCUT2D eigenvalue weighted by Crippen LogP contribution is 2.41. The lowest BCUT2D eigenvalue weighted by atomic mass is 9.94. The zero-order valence-corrected chi connectivity index (χ0v) is 21.3. The number of rotatable bonds is 6. The van der Waals surface area contributed by atoms with Gasteiger partial charge in [0.15, 0.2) is 0 Å². The van der Waals surface area contributed by atoms with Gasteiger partial charge in [-0.25, -0.2) is 14.4 Å². The summed E-state index contributed by atoms with van der Waals surface area (Å²) in [5, 5.41) is 13.4. The van der Waals surface area contributed by atoms with Gasteiger partial charge in [-0.3, -0.25) is 14.7 Å². The molecule has 0 bridgehead atoms. The molecule has 3 N–H and O–H groups in total. The Bertz CT molecular complexity index is 1570. The number of nitrogens with zero attached hydrogens (tertiary/aromatic N) is 3. The monoisotopic (exact) mass is 530 g/mol. The first-order valence-electron chi connectivity index (χ1n) is 12.4. The minimum Gasteiger partial charge on any atom is -0.347 e. The van der Waals surface area contributed by atoms with Gasteiger partial charge < -0.3 is 10.6 Å². The summed E-state index contributed by atoms with van der Waals surface area (Å²) in [7, 11) is 0. The Labute approximate surface area is 223 Å². The number of carbonyl (C=O) groups is 2. The van der Waals surface area contributed by atoms with Crippen molar-refractivity contribution < 1.29 is 14.0 Å². The van der Waals surface area contributed by atoms with Crippen molar-refractivity contribution >= 4 is 23.4 Å². The van der Waals surface area contributed by atoms with Crippen molar-refractivity contribution in [1.29, 1.82) is 0 Å². The molecular formula is C28H24ClFN6O2. The van der Waals surface area contributed by atoms with Crippen LogP contribution in [0.5, 0.6) is 0 Å². The third-order valence-electron chi connectivity index (χ3n) is 7.21. The molecule has 6 rings (SSSR count). The van der Waals surface area contributed by atoms with E-state index in [1.165, 1.54) is 24.8 Å². The molecule has 10 heteroatoms. The fourth-order valence-electron chi connectivity index (χ4n) is 5.08. The predicted molar refractivity (Wildman–Crippen MR) is 140 cm³/mol. The third-order valence-corrected chi connectivity index (χ3v) is 7.43. The topological polar surface area (TPSA) is 113 Å². The normalized spacial score (nSPS) is 17.1. The van der Waals surface area contributed by atoms with Gasteiger partial charge in [-0.2, -0.15) is 5.10 Å². The van der Waals surface area contributed by atoms with E-state index < -0.39 is 11.4 Å². The number of aromatic nitrogens is 4. The molecular weight excluding hydrogens is 507 g/mol. The van der Waals surface area contributed by atoms with Gasteiger partial charge in [-0.05, 0) is 73.1 Å². The van der Waals surface area contributed by atoms with Crippen LogP contribution in [0.4, 0.5) is 4.39 Å². The second kappa shape index (κ2) is 9.33. The summed E-state index contributed by atoms with van der Waals surface area (Å²) in [5.74, 6) is -1.01. The van der Waals surface area contributed by atoms with E-state index in [0.717, 1.165) is 35.2 Å². The number of nitrogens with one attached hydrogen (secondary N) is 3. The second-order valence-corrected chi connectivity index (χ2v) is 10.3. The first-order valence-corrected chi connectivity index (χ1v) is 12.7. The Morgan fingerprint density at radius 3 is 2.63 bits per heavy atom. The van der Waals surface area contributed by atoms with Gasteiger partial charge >= 0.3 is 0 Å². The Balaban J connectivity index is 1.23. The number of benzene rings is 2. The van der Waals surface area contributed by atoms with Crippen molar-refractivity contribution in [2.24, 2.45) is 0 Å². The number of aromatic amines is 1. The van der Waals surface area contributed by atoms with Crippen molar-refractivity contribution in [3.8, 4) is 22.4 Å². The van der Waals surface area contributed by atoms with Crippen LogP contribution in [-0.4, -0.2) is 37.5 Å². The number of hydrogen-bond acceptors (Lipinski definition) is 5. The Kier molecular flexibility index (Phi) is 5.95. The summed E-state index contributed by atoms with van der Waals surface area (Å²) in [6, 6.07) is 10.6. The summed E-state index contributed by atoms with van der Waals surface area (Å²) in [6.07, 6.45) is 6.84. The average Bonchev–Trinajstić information content (AvgIpc) is 3.40. The molecule has 0 saturated heterocycles. The van der Waals surface area contributed by atoms with Gasteiger partial charge in [-0.15, -0.1) is 0 Å². The lowest BCUT2D eigenvalue weighted by molar-refractivity contribution is -0.124. The van der Waals surface area contributed by atoms with Gasteiger partial charge in [0.05, 0.1) is 17.3 Å². The number of hydrogen-bond donors (Lipinski definition) is 3. The zero-order chi connectivity index (χ0) is 26.4. The summed E-state index contributed by atoms with van der Waals surface area (Å²) in [6.45, 7) is 1.86. The number of aryl methyl sites for hydroxylation is 2. The zero-order valence-electron chi connectivity index (χ0n) is 20.5. The molecule has 0 spiro atoms. The van der Waals surface area contributed by atoms with E-state index in [1.807, 2.05) is 25.1 Å². The van der Waals surface area contributed by atoms with E-state index in [0.29, 0.717) is 40.2 Å². The van der Waals surface area contributed by atoms with Crippen LogP contribution in [-0.2, 0) is 11.2 Å². The Hall–Kier alpha value is -4.11. The molecule has 1 saturated carbocycles. The number of H-pyrrole nitrogens is 1. The smallest absolute Gasteiger partial charge is 0.255 e. The SMILES string of the molecule is Cc1cc(-c2c(F)cc(Cl)cc2-c2ccc3c(c2)CC[C@@H]3NC(=O)C2(NC(=O)c3cncnc3)CC2)n[nH]1. The molecule has 2 aromatic heterocycles. The molecule has 192 valence electrons. The Morgan fingerprint density at radius 2 is 1.92 bits per heavy atom. The predicted octanol–water partition coefficient (Wildman–Crippen LogP) is 4.70. The Morgan fingerprint density at radius 1 is 1.13 bits per heavy atom. The number of halogens is 2. The highest BCUT2D eigenvalue weighted by atomic mass is 35.5. The maximum Gasteiger partial charge on any atom is 0.255 e. The minimum absolute atomic E-state index is 0.175. The van der Waals surface area contributed by atoms with E-state index in [1.54, 1.807) is 12.1 Å². The van der Waals surface area contributed by atoms with Crippen LogP contribution >= 0.6 is 11.6 Å². The van der Waals surface area contributed by atoms with Crippen LogP contribution in [0, 0.1) is 12.7 Å². The summed E-state index contributed by atoms with van der Waals surface area (Å²) in [5.41, 5.74) is 4.69. The second-order valence-electron chi connectivity index (χ2n) is 9.89. The maximum atomic E-state index is 15.1.